The van der Waals surface area contributed by atoms with Gasteiger partial charge in [-0.3, -0.25) is 4.79 Å². The van der Waals surface area contributed by atoms with E-state index in [1.165, 1.54) is 7.11 Å². The van der Waals surface area contributed by atoms with Gasteiger partial charge in [-0.15, -0.1) is 0 Å². The van der Waals surface area contributed by atoms with Gasteiger partial charge >= 0.3 is 0 Å². The number of aliphatic hydroxyl groups excluding tert-OH is 1. The van der Waals surface area contributed by atoms with Crippen molar-refractivity contribution < 1.29 is 19.4 Å². The zero-order valence-corrected chi connectivity index (χ0v) is 11.2. The highest BCUT2D eigenvalue weighted by molar-refractivity contribution is 5.81. The molecule has 0 atom stereocenters. The van der Waals surface area contributed by atoms with E-state index < -0.39 is 0 Å². The van der Waals surface area contributed by atoms with Gasteiger partial charge in [-0.2, -0.15) is 0 Å². The van der Waals surface area contributed by atoms with E-state index >= 15 is 0 Å². The van der Waals surface area contributed by atoms with E-state index in [0.29, 0.717) is 23.7 Å². The number of benzene rings is 2. The Hall–Kier alpha value is -2.33. The number of ether oxygens (including phenoxy) is 2. The van der Waals surface area contributed by atoms with E-state index in [-0.39, 0.29) is 6.61 Å². The minimum absolute atomic E-state index is 0.0168. The highest BCUT2D eigenvalue weighted by atomic mass is 16.5. The number of rotatable bonds is 6. The molecule has 0 bridgehead atoms. The first-order valence-electron chi connectivity index (χ1n) is 6.22. The van der Waals surface area contributed by atoms with Crippen LogP contribution in [-0.4, -0.2) is 18.5 Å². The molecule has 0 radical (unpaired) electrons. The number of aldehydes is 1. The lowest BCUT2D eigenvalue weighted by molar-refractivity contribution is 0.111. The molecule has 2 aromatic rings. The first-order chi connectivity index (χ1) is 9.78. The van der Waals surface area contributed by atoms with Gasteiger partial charge in [0, 0.05) is 0 Å². The molecule has 0 saturated carbocycles. The van der Waals surface area contributed by atoms with Crippen LogP contribution in [0.2, 0.25) is 0 Å². The molecule has 0 heterocycles. The fourth-order valence-corrected chi connectivity index (χ4v) is 1.84. The summed E-state index contributed by atoms with van der Waals surface area (Å²) in [4.78, 5) is 11.0. The molecular formula is C16H16O4. The third kappa shape index (κ3) is 3.16. The average Bonchev–Trinajstić information content (AvgIpc) is 2.52. The average molecular weight is 272 g/mol. The van der Waals surface area contributed by atoms with Crippen LogP contribution in [0.1, 0.15) is 21.5 Å². The maximum Gasteiger partial charge on any atom is 0.172 e. The highest BCUT2D eigenvalue weighted by Crippen LogP contribution is 2.30. The first kappa shape index (κ1) is 14.1. The summed E-state index contributed by atoms with van der Waals surface area (Å²) in [5.74, 6) is 0.970. The summed E-state index contributed by atoms with van der Waals surface area (Å²) in [6.45, 7) is 0.343. The van der Waals surface area contributed by atoms with Gasteiger partial charge in [0.1, 0.15) is 6.61 Å². The molecular weight excluding hydrogens is 256 g/mol. The van der Waals surface area contributed by atoms with Crippen LogP contribution in [0, 0.1) is 0 Å². The molecule has 0 amide bonds. The summed E-state index contributed by atoms with van der Waals surface area (Å²) in [7, 11) is 1.53. The number of methoxy groups -OCH3 is 1. The molecule has 0 spiro atoms. The minimum Gasteiger partial charge on any atom is -0.493 e. The second kappa shape index (κ2) is 6.73. The van der Waals surface area contributed by atoms with Crippen molar-refractivity contribution in [2.24, 2.45) is 0 Å². The molecule has 0 aromatic heterocycles. The van der Waals surface area contributed by atoms with E-state index in [4.69, 9.17) is 14.6 Å². The summed E-state index contributed by atoms with van der Waals surface area (Å²) in [6, 6.07) is 12.6. The van der Waals surface area contributed by atoms with Crippen LogP contribution < -0.4 is 9.47 Å². The molecule has 0 aliphatic rings. The van der Waals surface area contributed by atoms with E-state index in [0.717, 1.165) is 17.4 Å². The second-order valence-corrected chi connectivity index (χ2v) is 4.26. The SMILES string of the molecule is COc1cccc(C=O)c1OCc1ccc(CO)cc1. The fourth-order valence-electron chi connectivity index (χ4n) is 1.84. The predicted octanol–water partition coefficient (Wildman–Crippen LogP) is 2.58. The summed E-state index contributed by atoms with van der Waals surface area (Å²) >= 11 is 0. The molecule has 4 nitrogen and oxygen atoms in total. The number of carbonyl (C=O) groups is 1. The molecule has 0 aliphatic heterocycles. The Kier molecular flexibility index (Phi) is 4.74. The standard InChI is InChI=1S/C16H16O4/c1-19-15-4-2-3-14(10-18)16(15)20-11-13-7-5-12(9-17)6-8-13/h2-8,10,17H,9,11H2,1H3. The van der Waals surface area contributed by atoms with Crippen molar-refractivity contribution in [3.8, 4) is 11.5 Å². The molecule has 0 fully saturated rings. The van der Waals surface area contributed by atoms with Gasteiger partial charge in [-0.25, -0.2) is 0 Å². The summed E-state index contributed by atoms with van der Waals surface area (Å²) in [5.41, 5.74) is 2.25. The van der Waals surface area contributed by atoms with Crippen molar-refractivity contribution in [2.45, 2.75) is 13.2 Å². The molecule has 2 rings (SSSR count). The summed E-state index contributed by atoms with van der Waals surface area (Å²) < 4.78 is 10.9. The lowest BCUT2D eigenvalue weighted by Crippen LogP contribution is -2.01. The quantitative estimate of drug-likeness (QED) is 0.821. The Bertz CT molecular complexity index is 576. The van der Waals surface area contributed by atoms with Gasteiger partial charge in [0.25, 0.3) is 0 Å². The van der Waals surface area contributed by atoms with Crippen LogP contribution >= 0.6 is 0 Å². The van der Waals surface area contributed by atoms with Crippen molar-refractivity contribution in [3.63, 3.8) is 0 Å². The van der Waals surface area contributed by atoms with Gasteiger partial charge in [0.05, 0.1) is 19.3 Å². The monoisotopic (exact) mass is 272 g/mol. The molecule has 0 saturated heterocycles. The smallest absolute Gasteiger partial charge is 0.172 e. The maximum absolute atomic E-state index is 11.0. The maximum atomic E-state index is 11.0. The van der Waals surface area contributed by atoms with Crippen LogP contribution in [0.25, 0.3) is 0 Å². The van der Waals surface area contributed by atoms with Gasteiger partial charge in [0.15, 0.2) is 17.8 Å². The van der Waals surface area contributed by atoms with Gasteiger partial charge < -0.3 is 14.6 Å². The number of aliphatic hydroxyl groups is 1. The topological polar surface area (TPSA) is 55.8 Å². The summed E-state index contributed by atoms with van der Waals surface area (Å²) in [6.07, 6.45) is 0.743. The lowest BCUT2D eigenvalue weighted by Gasteiger charge is -2.12. The number of para-hydroxylation sites is 1. The zero-order valence-electron chi connectivity index (χ0n) is 11.2. The van der Waals surface area contributed by atoms with E-state index in [1.807, 2.05) is 24.3 Å². The summed E-state index contributed by atoms with van der Waals surface area (Å²) in [5, 5.41) is 8.99. The number of carbonyl (C=O) groups excluding carboxylic acids is 1. The van der Waals surface area contributed by atoms with Crippen LogP contribution in [-0.2, 0) is 13.2 Å². The minimum atomic E-state index is 0.0168. The highest BCUT2D eigenvalue weighted by Gasteiger charge is 2.10. The normalized spacial score (nSPS) is 10.1. The van der Waals surface area contributed by atoms with Gasteiger partial charge in [-0.1, -0.05) is 30.3 Å². The van der Waals surface area contributed by atoms with Gasteiger partial charge in [0.2, 0.25) is 0 Å². The molecule has 0 unspecified atom stereocenters. The van der Waals surface area contributed by atoms with Crippen LogP contribution in [0.5, 0.6) is 11.5 Å². The third-order valence-electron chi connectivity index (χ3n) is 2.94. The second-order valence-electron chi connectivity index (χ2n) is 4.26. The molecule has 4 heteroatoms. The predicted molar refractivity (Wildman–Crippen MR) is 75.1 cm³/mol. The van der Waals surface area contributed by atoms with Crippen molar-refractivity contribution >= 4 is 6.29 Å². The third-order valence-corrected chi connectivity index (χ3v) is 2.94. The Morgan fingerprint density at radius 3 is 2.40 bits per heavy atom. The molecule has 2 aromatic carbocycles. The van der Waals surface area contributed by atoms with E-state index in [9.17, 15) is 4.79 Å². The molecule has 104 valence electrons. The van der Waals surface area contributed by atoms with Crippen molar-refractivity contribution in [1.29, 1.82) is 0 Å². The fraction of sp³-hybridized carbons (Fsp3) is 0.188. The molecule has 1 N–H and O–H groups in total. The Balaban J connectivity index is 2.15. The molecule has 0 aliphatic carbocycles. The van der Waals surface area contributed by atoms with Crippen molar-refractivity contribution in [2.75, 3.05) is 7.11 Å². The Morgan fingerprint density at radius 2 is 1.80 bits per heavy atom. The number of hydrogen-bond acceptors (Lipinski definition) is 4. The van der Waals surface area contributed by atoms with Crippen LogP contribution in [0.3, 0.4) is 0 Å². The zero-order chi connectivity index (χ0) is 14.4. The number of hydrogen-bond donors (Lipinski definition) is 1. The lowest BCUT2D eigenvalue weighted by atomic mass is 10.1. The largest absolute Gasteiger partial charge is 0.493 e. The van der Waals surface area contributed by atoms with E-state index in [1.54, 1.807) is 18.2 Å². The van der Waals surface area contributed by atoms with Crippen molar-refractivity contribution in [1.82, 2.24) is 0 Å². The first-order valence-corrected chi connectivity index (χ1v) is 6.22. The van der Waals surface area contributed by atoms with E-state index in [2.05, 4.69) is 0 Å². The van der Waals surface area contributed by atoms with Crippen molar-refractivity contribution in [3.05, 3.63) is 59.2 Å². The van der Waals surface area contributed by atoms with Gasteiger partial charge in [-0.05, 0) is 23.3 Å². The van der Waals surface area contributed by atoms with Crippen LogP contribution in [0.4, 0.5) is 0 Å². The Morgan fingerprint density at radius 1 is 1.10 bits per heavy atom. The Labute approximate surface area is 117 Å². The van der Waals surface area contributed by atoms with Crippen LogP contribution in [0.15, 0.2) is 42.5 Å². The molecule has 20 heavy (non-hydrogen) atoms.